The van der Waals surface area contributed by atoms with E-state index in [1.54, 1.807) is 12.1 Å². The Hall–Kier alpha value is -2.14. The molecule has 150 valence electrons. The molecule has 1 saturated carbocycles. The van der Waals surface area contributed by atoms with Crippen LogP contribution in [0.2, 0.25) is 5.02 Å². The summed E-state index contributed by atoms with van der Waals surface area (Å²) >= 11 is 6.39. The monoisotopic (exact) mass is 402 g/mol. The number of fused-ring (bicyclic) bond motifs is 1. The highest BCUT2D eigenvalue weighted by atomic mass is 35.5. The van der Waals surface area contributed by atoms with Crippen molar-refractivity contribution < 1.29 is 14.3 Å². The molecule has 0 saturated heterocycles. The lowest BCUT2D eigenvalue weighted by Crippen LogP contribution is -2.17. The van der Waals surface area contributed by atoms with Crippen molar-refractivity contribution in [3.05, 3.63) is 40.2 Å². The number of rotatable bonds is 3. The Morgan fingerprint density at radius 1 is 1.04 bits per heavy atom. The normalized spacial score (nSPS) is 17.2. The smallest absolute Gasteiger partial charge is 0.257 e. The van der Waals surface area contributed by atoms with E-state index in [0.717, 1.165) is 17.8 Å². The van der Waals surface area contributed by atoms with Crippen molar-refractivity contribution in [2.45, 2.75) is 58.4 Å². The maximum Gasteiger partial charge on any atom is 0.257 e. The van der Waals surface area contributed by atoms with Gasteiger partial charge in [-0.05, 0) is 32.8 Å². The molecule has 28 heavy (non-hydrogen) atoms. The summed E-state index contributed by atoms with van der Waals surface area (Å²) < 4.78 is 13.7. The van der Waals surface area contributed by atoms with Gasteiger partial charge in [-0.1, -0.05) is 30.9 Å². The first-order valence-corrected chi connectivity index (χ1v) is 10.5. The van der Waals surface area contributed by atoms with Crippen LogP contribution in [0.1, 0.15) is 66.3 Å². The standard InChI is InChI=1S/C22H27ClN2O3/c1-14-11-17(15(2)25(14)16-7-4-3-5-8-16)22(26)24-19-13-21-20(12-18(19)23)27-9-6-10-28-21/h11-13,16H,3-10H2,1-2H3,(H,24,26). The third-order valence-electron chi connectivity index (χ3n) is 5.75. The van der Waals surface area contributed by atoms with Crippen LogP contribution < -0.4 is 14.8 Å². The maximum absolute atomic E-state index is 13.0. The lowest BCUT2D eigenvalue weighted by atomic mass is 9.95. The lowest BCUT2D eigenvalue weighted by Gasteiger charge is -2.26. The molecule has 0 bridgehead atoms. The van der Waals surface area contributed by atoms with E-state index in [4.69, 9.17) is 21.1 Å². The second kappa shape index (κ2) is 8.08. The maximum atomic E-state index is 13.0. The molecule has 0 radical (unpaired) electrons. The molecule has 0 spiro atoms. The topological polar surface area (TPSA) is 52.5 Å². The summed E-state index contributed by atoms with van der Waals surface area (Å²) in [6, 6.07) is 5.94. The molecular weight excluding hydrogens is 376 g/mol. The summed E-state index contributed by atoms with van der Waals surface area (Å²) in [5.41, 5.74) is 3.40. The summed E-state index contributed by atoms with van der Waals surface area (Å²) in [6.07, 6.45) is 7.02. The van der Waals surface area contributed by atoms with Crippen molar-refractivity contribution in [1.82, 2.24) is 4.57 Å². The third kappa shape index (κ3) is 3.72. The van der Waals surface area contributed by atoms with Crippen molar-refractivity contribution in [3.8, 4) is 11.5 Å². The van der Waals surface area contributed by atoms with E-state index < -0.39 is 0 Å². The molecule has 2 aromatic rings. The number of aromatic nitrogens is 1. The van der Waals surface area contributed by atoms with Gasteiger partial charge in [-0.3, -0.25) is 4.79 Å². The van der Waals surface area contributed by atoms with E-state index in [9.17, 15) is 4.79 Å². The van der Waals surface area contributed by atoms with E-state index in [-0.39, 0.29) is 5.91 Å². The molecule has 0 atom stereocenters. The molecular formula is C22H27ClN2O3. The van der Waals surface area contributed by atoms with Crippen molar-refractivity contribution in [1.29, 1.82) is 0 Å². The summed E-state index contributed by atoms with van der Waals surface area (Å²) in [5.74, 6) is 1.09. The first-order valence-electron chi connectivity index (χ1n) is 10.1. The fourth-order valence-electron chi connectivity index (χ4n) is 4.38. The van der Waals surface area contributed by atoms with Gasteiger partial charge in [-0.25, -0.2) is 0 Å². The fourth-order valence-corrected chi connectivity index (χ4v) is 4.58. The number of amides is 1. The van der Waals surface area contributed by atoms with Gasteiger partial charge >= 0.3 is 0 Å². The molecule has 1 N–H and O–H groups in total. The van der Waals surface area contributed by atoms with E-state index >= 15 is 0 Å². The Labute approximate surface area is 171 Å². The van der Waals surface area contributed by atoms with Gasteiger partial charge in [0.1, 0.15) is 0 Å². The Kier molecular flexibility index (Phi) is 5.54. The van der Waals surface area contributed by atoms with Gasteiger partial charge in [0, 0.05) is 36.0 Å². The van der Waals surface area contributed by atoms with Crippen LogP contribution >= 0.6 is 11.6 Å². The molecule has 6 heteroatoms. The van der Waals surface area contributed by atoms with E-state index in [1.807, 2.05) is 13.0 Å². The van der Waals surface area contributed by atoms with Gasteiger partial charge in [0.15, 0.2) is 11.5 Å². The minimum atomic E-state index is -0.147. The average Bonchev–Trinajstić information content (AvgIpc) is 2.84. The van der Waals surface area contributed by atoms with Crippen molar-refractivity contribution in [3.63, 3.8) is 0 Å². The highest BCUT2D eigenvalue weighted by Gasteiger charge is 2.23. The van der Waals surface area contributed by atoms with E-state index in [0.29, 0.717) is 47.0 Å². The summed E-state index contributed by atoms with van der Waals surface area (Å²) in [5, 5.41) is 3.40. The fraction of sp³-hybridized carbons (Fsp3) is 0.500. The molecule has 1 aliphatic carbocycles. The molecule has 2 aliphatic rings. The number of nitrogens with zero attached hydrogens (tertiary/aromatic N) is 1. The zero-order valence-electron chi connectivity index (χ0n) is 16.5. The van der Waals surface area contributed by atoms with Gasteiger partial charge in [0.05, 0.1) is 29.5 Å². The zero-order valence-corrected chi connectivity index (χ0v) is 17.3. The number of nitrogens with one attached hydrogen (secondary N) is 1. The second-order valence-electron chi connectivity index (χ2n) is 7.73. The number of ether oxygens (including phenoxy) is 2. The summed E-state index contributed by atoms with van der Waals surface area (Å²) in [7, 11) is 0. The molecule has 1 amide bonds. The molecule has 1 aliphatic heterocycles. The van der Waals surface area contributed by atoms with Crippen LogP contribution in [0.25, 0.3) is 0 Å². The molecule has 4 rings (SSSR count). The Balaban J connectivity index is 1.58. The first kappa shape index (κ1) is 19.2. The number of hydrogen-bond acceptors (Lipinski definition) is 3. The van der Waals surface area contributed by atoms with Gasteiger partial charge in [0.25, 0.3) is 5.91 Å². The minimum absolute atomic E-state index is 0.147. The second-order valence-corrected chi connectivity index (χ2v) is 8.14. The quantitative estimate of drug-likeness (QED) is 0.718. The predicted octanol–water partition coefficient (Wildman–Crippen LogP) is 5.68. The largest absolute Gasteiger partial charge is 0.490 e. The number of halogens is 1. The average molecular weight is 403 g/mol. The van der Waals surface area contributed by atoms with Gasteiger partial charge in [-0.2, -0.15) is 0 Å². The van der Waals surface area contributed by atoms with Crippen molar-refractivity contribution in [2.75, 3.05) is 18.5 Å². The molecule has 5 nitrogen and oxygen atoms in total. The number of carbonyl (C=O) groups is 1. The minimum Gasteiger partial charge on any atom is -0.490 e. The highest BCUT2D eigenvalue weighted by molar-refractivity contribution is 6.34. The summed E-state index contributed by atoms with van der Waals surface area (Å²) in [4.78, 5) is 13.0. The number of hydrogen-bond donors (Lipinski definition) is 1. The van der Waals surface area contributed by atoms with Crippen LogP contribution in [0.3, 0.4) is 0 Å². The number of aryl methyl sites for hydroxylation is 1. The summed E-state index contributed by atoms with van der Waals surface area (Å²) in [6.45, 7) is 5.30. The van der Waals surface area contributed by atoms with Gasteiger partial charge < -0.3 is 19.4 Å². The van der Waals surface area contributed by atoms with E-state index in [1.165, 1.54) is 32.1 Å². The molecule has 1 aromatic carbocycles. The predicted molar refractivity (Wildman–Crippen MR) is 111 cm³/mol. The van der Waals surface area contributed by atoms with Crippen LogP contribution in [0.4, 0.5) is 5.69 Å². The molecule has 0 unspecified atom stereocenters. The van der Waals surface area contributed by atoms with Crippen LogP contribution in [-0.4, -0.2) is 23.7 Å². The number of carbonyl (C=O) groups excluding carboxylic acids is 1. The van der Waals surface area contributed by atoms with Crippen LogP contribution in [0, 0.1) is 13.8 Å². The molecule has 1 aromatic heterocycles. The highest BCUT2D eigenvalue weighted by Crippen LogP contribution is 2.38. The van der Waals surface area contributed by atoms with Gasteiger partial charge in [-0.15, -0.1) is 0 Å². The van der Waals surface area contributed by atoms with Crippen molar-refractivity contribution >= 4 is 23.2 Å². The van der Waals surface area contributed by atoms with Gasteiger partial charge in [0.2, 0.25) is 0 Å². The molecule has 2 heterocycles. The zero-order chi connectivity index (χ0) is 19.7. The van der Waals surface area contributed by atoms with Crippen LogP contribution in [-0.2, 0) is 0 Å². The lowest BCUT2D eigenvalue weighted by molar-refractivity contribution is 0.102. The van der Waals surface area contributed by atoms with Crippen LogP contribution in [0.15, 0.2) is 18.2 Å². The Morgan fingerprint density at radius 3 is 2.43 bits per heavy atom. The third-order valence-corrected chi connectivity index (χ3v) is 6.07. The Bertz CT molecular complexity index is 884. The SMILES string of the molecule is Cc1cc(C(=O)Nc2cc3c(cc2Cl)OCCCO3)c(C)n1C1CCCCC1. The number of benzene rings is 1. The Morgan fingerprint density at radius 2 is 1.71 bits per heavy atom. The van der Waals surface area contributed by atoms with Crippen molar-refractivity contribution in [2.24, 2.45) is 0 Å². The van der Waals surface area contributed by atoms with Crippen LogP contribution in [0.5, 0.6) is 11.5 Å². The van der Waals surface area contributed by atoms with E-state index in [2.05, 4.69) is 16.8 Å². The number of anilines is 1. The first-order chi connectivity index (χ1) is 13.5. The molecule has 1 fully saturated rings.